The van der Waals surface area contributed by atoms with E-state index in [4.69, 9.17) is 4.74 Å². The largest absolute Gasteiger partial charge is 0.492 e. The molecule has 1 aromatic rings. The molecule has 1 radical (unpaired) electrons. The quantitative estimate of drug-likeness (QED) is 0.733. The summed E-state index contributed by atoms with van der Waals surface area (Å²) in [7, 11) is -3.11. The van der Waals surface area contributed by atoms with Crippen molar-refractivity contribution in [3.63, 3.8) is 0 Å². The van der Waals surface area contributed by atoms with Crippen LogP contribution in [0.25, 0.3) is 0 Å². The van der Waals surface area contributed by atoms with Gasteiger partial charge >= 0.3 is 0 Å². The van der Waals surface area contributed by atoms with Crippen LogP contribution in [0.2, 0.25) is 0 Å². The molecule has 1 N–H and O–H groups in total. The summed E-state index contributed by atoms with van der Waals surface area (Å²) >= 11 is 0. The summed E-state index contributed by atoms with van der Waals surface area (Å²) in [5.74, 6) is 0.803. The van der Waals surface area contributed by atoms with E-state index in [1.807, 2.05) is 0 Å². The molecule has 83 valence electrons. The zero-order valence-electron chi connectivity index (χ0n) is 8.56. The Hall–Kier alpha value is -1.07. The molecule has 0 bridgehead atoms. The fourth-order valence-electron chi connectivity index (χ4n) is 0.936. The zero-order chi connectivity index (χ0) is 11.1. The minimum atomic E-state index is -3.11. The highest BCUT2D eigenvalue weighted by Gasteiger charge is 2.04. The van der Waals surface area contributed by atoms with E-state index < -0.39 is 10.0 Å². The lowest BCUT2D eigenvalue weighted by Crippen LogP contribution is -2.29. The van der Waals surface area contributed by atoms with Crippen molar-refractivity contribution in [1.29, 1.82) is 0 Å². The Balaban J connectivity index is 2.24. The third-order valence-corrected chi connectivity index (χ3v) is 3.16. The monoisotopic (exact) mass is 228 g/mol. The highest BCUT2D eigenvalue weighted by molar-refractivity contribution is 7.89. The summed E-state index contributed by atoms with van der Waals surface area (Å²) in [5, 5.41) is 0. The second-order valence-corrected chi connectivity index (χ2v) is 4.98. The van der Waals surface area contributed by atoms with E-state index in [0.29, 0.717) is 12.4 Å². The molecular formula is C10H14NO3S. The average Bonchev–Trinajstić information content (AvgIpc) is 2.26. The first-order valence-corrected chi connectivity index (χ1v) is 6.35. The van der Waals surface area contributed by atoms with E-state index in [9.17, 15) is 8.42 Å². The predicted octanol–water partition coefficient (Wildman–Crippen LogP) is 0.805. The molecule has 5 heteroatoms. The van der Waals surface area contributed by atoms with Crippen molar-refractivity contribution in [1.82, 2.24) is 4.72 Å². The van der Waals surface area contributed by atoms with Crippen molar-refractivity contribution in [3.8, 4) is 5.75 Å². The Labute approximate surface area is 90.3 Å². The van der Waals surface area contributed by atoms with E-state index in [0.717, 1.165) is 0 Å². The van der Waals surface area contributed by atoms with Gasteiger partial charge in [-0.2, -0.15) is 0 Å². The molecule has 0 aliphatic heterocycles. The lowest BCUT2D eigenvalue weighted by Gasteiger charge is -2.06. The van der Waals surface area contributed by atoms with Crippen molar-refractivity contribution in [2.24, 2.45) is 0 Å². The topological polar surface area (TPSA) is 55.4 Å². The van der Waals surface area contributed by atoms with Crippen LogP contribution in [0.1, 0.15) is 6.92 Å². The molecule has 0 fully saturated rings. The Kier molecular flexibility index (Phi) is 4.58. The van der Waals surface area contributed by atoms with E-state index in [1.165, 1.54) is 0 Å². The summed E-state index contributed by atoms with van der Waals surface area (Å²) < 4.78 is 29.8. The number of ether oxygens (including phenoxy) is 1. The Bertz CT molecular complexity index is 375. The molecule has 4 nitrogen and oxygen atoms in total. The van der Waals surface area contributed by atoms with Gasteiger partial charge in [-0.15, -0.1) is 0 Å². The molecule has 15 heavy (non-hydrogen) atoms. The molecule has 0 saturated heterocycles. The minimum absolute atomic E-state index is 0.0906. The molecule has 0 unspecified atom stereocenters. The van der Waals surface area contributed by atoms with Crippen molar-refractivity contribution in [2.75, 3.05) is 18.9 Å². The molecule has 0 aliphatic rings. The van der Waals surface area contributed by atoms with Crippen LogP contribution in [0.4, 0.5) is 0 Å². The number of hydrogen-bond donors (Lipinski definition) is 1. The van der Waals surface area contributed by atoms with Gasteiger partial charge in [0.2, 0.25) is 10.0 Å². The van der Waals surface area contributed by atoms with Crippen LogP contribution in [0.3, 0.4) is 0 Å². The summed E-state index contributed by atoms with van der Waals surface area (Å²) in [6.45, 7) is 2.20. The van der Waals surface area contributed by atoms with Crippen LogP contribution >= 0.6 is 0 Å². The normalized spacial score (nSPS) is 11.3. The van der Waals surface area contributed by atoms with Gasteiger partial charge in [-0.25, -0.2) is 13.1 Å². The summed E-state index contributed by atoms with van der Waals surface area (Å²) in [6, 6.07) is 9.89. The summed E-state index contributed by atoms with van der Waals surface area (Å²) in [5.41, 5.74) is 0. The van der Waals surface area contributed by atoms with Gasteiger partial charge in [0.05, 0.1) is 5.75 Å². The Morgan fingerprint density at radius 2 is 2.07 bits per heavy atom. The highest BCUT2D eigenvalue weighted by atomic mass is 32.2. The van der Waals surface area contributed by atoms with Crippen LogP contribution < -0.4 is 9.46 Å². The van der Waals surface area contributed by atoms with Gasteiger partial charge in [0, 0.05) is 6.54 Å². The number of hydrogen-bond acceptors (Lipinski definition) is 3. The second kappa shape index (κ2) is 5.72. The van der Waals surface area contributed by atoms with Crippen LogP contribution in [-0.4, -0.2) is 27.3 Å². The van der Waals surface area contributed by atoms with E-state index in [2.05, 4.69) is 10.8 Å². The fraction of sp³-hybridized carbons (Fsp3) is 0.400. The van der Waals surface area contributed by atoms with E-state index >= 15 is 0 Å². The maximum Gasteiger partial charge on any atom is 0.211 e. The average molecular weight is 228 g/mol. The lowest BCUT2D eigenvalue weighted by atomic mass is 10.3. The molecule has 0 atom stereocenters. The van der Waals surface area contributed by atoms with Crippen molar-refractivity contribution >= 4 is 10.0 Å². The molecule has 0 heterocycles. The first-order chi connectivity index (χ1) is 7.14. The molecule has 1 aromatic carbocycles. The second-order valence-electron chi connectivity index (χ2n) is 2.88. The zero-order valence-corrected chi connectivity index (χ0v) is 9.38. The molecule has 0 aromatic heterocycles. The SMILES string of the molecule is CCS(=O)(=O)NCCOc1cc[c]cc1. The van der Waals surface area contributed by atoms with Gasteiger partial charge in [-0.05, 0) is 25.1 Å². The minimum Gasteiger partial charge on any atom is -0.492 e. The smallest absolute Gasteiger partial charge is 0.211 e. The van der Waals surface area contributed by atoms with Crippen LogP contribution in [-0.2, 0) is 10.0 Å². The number of nitrogens with one attached hydrogen (secondary N) is 1. The van der Waals surface area contributed by atoms with Gasteiger partial charge in [-0.1, -0.05) is 12.1 Å². The van der Waals surface area contributed by atoms with Gasteiger partial charge in [0.1, 0.15) is 12.4 Å². The highest BCUT2D eigenvalue weighted by Crippen LogP contribution is 2.06. The van der Waals surface area contributed by atoms with Crippen molar-refractivity contribution in [2.45, 2.75) is 6.92 Å². The van der Waals surface area contributed by atoms with Crippen LogP contribution in [0.5, 0.6) is 5.75 Å². The molecular weight excluding hydrogens is 214 g/mol. The standard InChI is InChI=1S/C10H14NO3S/c1-2-15(12,13)11-8-9-14-10-6-4-3-5-7-10/h4-7,11H,2,8-9H2,1H3. The van der Waals surface area contributed by atoms with Crippen LogP contribution in [0.15, 0.2) is 24.3 Å². The number of benzene rings is 1. The first kappa shape index (κ1) is 12.0. The van der Waals surface area contributed by atoms with Crippen LogP contribution in [0, 0.1) is 6.07 Å². The van der Waals surface area contributed by atoms with E-state index in [1.54, 1.807) is 31.2 Å². The Morgan fingerprint density at radius 1 is 1.40 bits per heavy atom. The fourth-order valence-corrected chi connectivity index (χ4v) is 1.53. The van der Waals surface area contributed by atoms with Gasteiger partial charge in [-0.3, -0.25) is 0 Å². The molecule has 0 amide bonds. The maximum absolute atomic E-state index is 11.0. The third-order valence-electron chi connectivity index (χ3n) is 1.76. The van der Waals surface area contributed by atoms with E-state index in [-0.39, 0.29) is 12.3 Å². The first-order valence-electron chi connectivity index (χ1n) is 4.70. The van der Waals surface area contributed by atoms with Crippen molar-refractivity contribution in [3.05, 3.63) is 30.3 Å². The van der Waals surface area contributed by atoms with Gasteiger partial charge in [0.25, 0.3) is 0 Å². The third kappa shape index (κ3) is 4.80. The summed E-state index contributed by atoms with van der Waals surface area (Å²) in [6.07, 6.45) is 0. The van der Waals surface area contributed by atoms with Gasteiger partial charge in [0.15, 0.2) is 0 Å². The molecule has 0 saturated carbocycles. The van der Waals surface area contributed by atoms with Crippen molar-refractivity contribution < 1.29 is 13.2 Å². The number of rotatable bonds is 6. The summed E-state index contributed by atoms with van der Waals surface area (Å²) in [4.78, 5) is 0. The Morgan fingerprint density at radius 3 is 2.67 bits per heavy atom. The maximum atomic E-state index is 11.0. The lowest BCUT2D eigenvalue weighted by molar-refractivity contribution is 0.323. The molecule has 1 rings (SSSR count). The predicted molar refractivity (Wildman–Crippen MR) is 58.2 cm³/mol. The molecule has 0 aliphatic carbocycles. The number of sulfonamides is 1. The van der Waals surface area contributed by atoms with Gasteiger partial charge < -0.3 is 4.74 Å². The molecule has 0 spiro atoms.